The first-order valence-corrected chi connectivity index (χ1v) is 6.56. The molecule has 1 saturated carbocycles. The number of aliphatic hydroxyl groups is 1. The molecule has 0 bridgehead atoms. The van der Waals surface area contributed by atoms with Gasteiger partial charge in [-0.1, -0.05) is 27.2 Å². The second-order valence-electron chi connectivity index (χ2n) is 5.86. The molecule has 0 radical (unpaired) electrons. The minimum absolute atomic E-state index is 0.187. The van der Waals surface area contributed by atoms with Gasteiger partial charge in [0, 0.05) is 0 Å². The second-order valence-corrected chi connectivity index (χ2v) is 5.86. The zero-order valence-electron chi connectivity index (χ0n) is 11.0. The second kappa shape index (κ2) is 4.77. The van der Waals surface area contributed by atoms with E-state index in [9.17, 15) is 5.11 Å². The Hall–Kier alpha value is -0.900. The topological polar surface area (TPSA) is 50.9 Å². The molecule has 0 amide bonds. The SMILES string of the molecule is CCC(C)(C)C1CCC(O)CC1n1cncn1. The first kappa shape index (κ1) is 12.6. The Bertz CT molecular complexity index is 348. The highest BCUT2D eigenvalue weighted by Gasteiger charge is 2.39. The van der Waals surface area contributed by atoms with E-state index in [-0.39, 0.29) is 17.6 Å². The van der Waals surface area contributed by atoms with Gasteiger partial charge in [0.25, 0.3) is 0 Å². The molecular weight excluding hydrogens is 214 g/mol. The van der Waals surface area contributed by atoms with Gasteiger partial charge in [-0.25, -0.2) is 9.67 Å². The van der Waals surface area contributed by atoms with Gasteiger partial charge >= 0.3 is 0 Å². The van der Waals surface area contributed by atoms with Crippen LogP contribution in [-0.2, 0) is 0 Å². The number of rotatable bonds is 3. The lowest BCUT2D eigenvalue weighted by atomic mass is 9.66. The lowest BCUT2D eigenvalue weighted by Gasteiger charge is -2.43. The number of hydrogen-bond acceptors (Lipinski definition) is 3. The quantitative estimate of drug-likeness (QED) is 0.878. The van der Waals surface area contributed by atoms with Gasteiger partial charge in [-0.05, 0) is 30.6 Å². The van der Waals surface area contributed by atoms with Crippen LogP contribution in [0.25, 0.3) is 0 Å². The van der Waals surface area contributed by atoms with E-state index in [2.05, 4.69) is 30.9 Å². The first-order valence-electron chi connectivity index (χ1n) is 6.56. The molecule has 96 valence electrons. The molecule has 4 nitrogen and oxygen atoms in total. The molecule has 2 rings (SSSR count). The smallest absolute Gasteiger partial charge is 0.137 e. The molecule has 4 heteroatoms. The summed E-state index contributed by atoms with van der Waals surface area (Å²) in [6, 6.07) is 0.288. The number of aliphatic hydroxyl groups excluding tert-OH is 1. The van der Waals surface area contributed by atoms with Crippen molar-refractivity contribution in [2.45, 2.75) is 58.6 Å². The predicted molar refractivity (Wildman–Crippen MR) is 66.5 cm³/mol. The molecule has 1 aliphatic carbocycles. The van der Waals surface area contributed by atoms with Gasteiger partial charge in [0.15, 0.2) is 0 Å². The van der Waals surface area contributed by atoms with Crippen LogP contribution in [0.1, 0.15) is 52.5 Å². The van der Waals surface area contributed by atoms with E-state index in [4.69, 9.17) is 0 Å². The lowest BCUT2D eigenvalue weighted by Crippen LogP contribution is -2.38. The summed E-state index contributed by atoms with van der Waals surface area (Å²) in [5, 5.41) is 14.1. The van der Waals surface area contributed by atoms with Crippen LogP contribution in [-0.4, -0.2) is 26.0 Å². The van der Waals surface area contributed by atoms with E-state index < -0.39 is 0 Å². The molecule has 1 heterocycles. The van der Waals surface area contributed by atoms with E-state index in [1.54, 1.807) is 12.7 Å². The van der Waals surface area contributed by atoms with Gasteiger partial charge in [-0.3, -0.25) is 0 Å². The summed E-state index contributed by atoms with van der Waals surface area (Å²) in [6.45, 7) is 6.88. The zero-order chi connectivity index (χ0) is 12.5. The van der Waals surface area contributed by atoms with Gasteiger partial charge in [0.1, 0.15) is 12.7 Å². The van der Waals surface area contributed by atoms with Crippen LogP contribution in [0.2, 0.25) is 0 Å². The molecule has 3 atom stereocenters. The van der Waals surface area contributed by atoms with Crippen LogP contribution in [0.15, 0.2) is 12.7 Å². The molecule has 1 N–H and O–H groups in total. The maximum atomic E-state index is 9.87. The Morgan fingerprint density at radius 1 is 1.41 bits per heavy atom. The van der Waals surface area contributed by atoms with E-state index in [0.29, 0.717) is 5.92 Å². The minimum atomic E-state index is -0.187. The number of aromatic nitrogens is 3. The molecule has 1 aliphatic rings. The largest absolute Gasteiger partial charge is 0.393 e. The van der Waals surface area contributed by atoms with Crippen LogP contribution in [0.3, 0.4) is 0 Å². The molecule has 1 aromatic heterocycles. The normalized spacial score (nSPS) is 30.5. The van der Waals surface area contributed by atoms with Gasteiger partial charge in [0.2, 0.25) is 0 Å². The van der Waals surface area contributed by atoms with Gasteiger partial charge < -0.3 is 5.11 Å². The monoisotopic (exact) mass is 237 g/mol. The van der Waals surface area contributed by atoms with Crippen molar-refractivity contribution < 1.29 is 5.11 Å². The summed E-state index contributed by atoms with van der Waals surface area (Å²) in [7, 11) is 0. The van der Waals surface area contributed by atoms with E-state index in [1.165, 1.54) is 0 Å². The Balaban J connectivity index is 2.24. The van der Waals surface area contributed by atoms with Gasteiger partial charge in [-0.2, -0.15) is 5.10 Å². The highest BCUT2D eigenvalue weighted by molar-refractivity contribution is 4.91. The molecule has 0 saturated heterocycles. The van der Waals surface area contributed by atoms with Crippen molar-refractivity contribution >= 4 is 0 Å². The molecule has 17 heavy (non-hydrogen) atoms. The average Bonchev–Trinajstić information content (AvgIpc) is 2.82. The summed E-state index contributed by atoms with van der Waals surface area (Å²) in [5.41, 5.74) is 0.288. The van der Waals surface area contributed by atoms with Gasteiger partial charge in [-0.15, -0.1) is 0 Å². The predicted octanol–water partition coefficient (Wildman–Crippen LogP) is 2.42. The van der Waals surface area contributed by atoms with Gasteiger partial charge in [0.05, 0.1) is 12.1 Å². The number of hydrogen-bond donors (Lipinski definition) is 1. The fourth-order valence-corrected chi connectivity index (χ4v) is 2.98. The highest BCUT2D eigenvalue weighted by atomic mass is 16.3. The van der Waals surface area contributed by atoms with Crippen LogP contribution in [0.4, 0.5) is 0 Å². The molecule has 3 unspecified atom stereocenters. The van der Waals surface area contributed by atoms with Crippen molar-refractivity contribution in [1.82, 2.24) is 14.8 Å². The molecule has 0 aliphatic heterocycles. The van der Waals surface area contributed by atoms with Crippen molar-refractivity contribution in [2.75, 3.05) is 0 Å². The number of nitrogens with zero attached hydrogens (tertiary/aromatic N) is 3. The first-order chi connectivity index (χ1) is 8.04. The maximum Gasteiger partial charge on any atom is 0.137 e. The zero-order valence-corrected chi connectivity index (χ0v) is 11.0. The van der Waals surface area contributed by atoms with Crippen LogP contribution < -0.4 is 0 Å². The fraction of sp³-hybridized carbons (Fsp3) is 0.846. The summed E-state index contributed by atoms with van der Waals surface area (Å²) in [6.07, 6.45) is 7.12. The van der Waals surface area contributed by atoms with Crippen LogP contribution in [0, 0.1) is 11.3 Å². The summed E-state index contributed by atoms with van der Waals surface area (Å²) in [4.78, 5) is 4.03. The minimum Gasteiger partial charge on any atom is -0.393 e. The van der Waals surface area contributed by atoms with E-state index in [0.717, 1.165) is 25.7 Å². The standard InChI is InChI=1S/C13H23N3O/c1-4-13(2,3)11-6-5-10(17)7-12(11)16-9-14-8-15-16/h8-12,17H,4-7H2,1-3H3. The summed E-state index contributed by atoms with van der Waals surface area (Å²) >= 11 is 0. The Kier molecular flexibility index (Phi) is 3.52. The van der Waals surface area contributed by atoms with Crippen molar-refractivity contribution in [3.8, 4) is 0 Å². The summed E-state index contributed by atoms with van der Waals surface area (Å²) in [5.74, 6) is 0.567. The van der Waals surface area contributed by atoms with Crippen LogP contribution in [0.5, 0.6) is 0 Å². The van der Waals surface area contributed by atoms with Crippen molar-refractivity contribution in [3.63, 3.8) is 0 Å². The third kappa shape index (κ3) is 2.51. The fourth-order valence-electron chi connectivity index (χ4n) is 2.98. The van der Waals surface area contributed by atoms with Crippen LogP contribution >= 0.6 is 0 Å². The third-order valence-electron chi connectivity index (χ3n) is 4.48. The molecule has 1 aromatic rings. The molecule has 0 aromatic carbocycles. The average molecular weight is 237 g/mol. The maximum absolute atomic E-state index is 9.87. The molecule has 0 spiro atoms. The third-order valence-corrected chi connectivity index (χ3v) is 4.48. The molecule has 1 fully saturated rings. The lowest BCUT2D eigenvalue weighted by molar-refractivity contribution is 0.0170. The Labute approximate surface area is 103 Å². The molecular formula is C13H23N3O. The van der Waals surface area contributed by atoms with E-state index in [1.807, 2.05) is 4.68 Å². The van der Waals surface area contributed by atoms with Crippen molar-refractivity contribution in [3.05, 3.63) is 12.7 Å². The Morgan fingerprint density at radius 3 is 2.76 bits per heavy atom. The highest BCUT2D eigenvalue weighted by Crippen LogP contribution is 2.45. The Morgan fingerprint density at radius 2 is 2.18 bits per heavy atom. The van der Waals surface area contributed by atoms with Crippen molar-refractivity contribution in [2.24, 2.45) is 11.3 Å². The van der Waals surface area contributed by atoms with E-state index >= 15 is 0 Å². The van der Waals surface area contributed by atoms with Crippen molar-refractivity contribution in [1.29, 1.82) is 0 Å². The summed E-state index contributed by atoms with van der Waals surface area (Å²) < 4.78 is 1.93.